The summed E-state index contributed by atoms with van der Waals surface area (Å²) in [5.41, 5.74) is -0.183. The van der Waals surface area contributed by atoms with Gasteiger partial charge in [-0.15, -0.1) is 0 Å². The van der Waals surface area contributed by atoms with Gasteiger partial charge in [-0.1, -0.05) is 19.8 Å². The molecule has 0 heterocycles. The largest absolute Gasteiger partial charge is 0.478 e. The molecule has 0 aromatic heterocycles. The van der Waals surface area contributed by atoms with Gasteiger partial charge in [0.25, 0.3) is 0 Å². The van der Waals surface area contributed by atoms with Crippen molar-refractivity contribution in [1.29, 1.82) is 0 Å². The molecule has 1 atom stereocenters. The van der Waals surface area contributed by atoms with Crippen molar-refractivity contribution >= 4 is 17.7 Å². The lowest BCUT2D eigenvalue weighted by Crippen LogP contribution is -2.38. The first-order chi connectivity index (χ1) is 9.99. The number of rotatable bonds is 6. The van der Waals surface area contributed by atoms with Crippen molar-refractivity contribution in [3.63, 3.8) is 0 Å². The summed E-state index contributed by atoms with van der Waals surface area (Å²) in [7, 11) is 0. The zero-order valence-electron chi connectivity index (χ0n) is 11.9. The van der Waals surface area contributed by atoms with Gasteiger partial charge in [0.05, 0.1) is 11.3 Å². The minimum absolute atomic E-state index is 0.0289. The van der Waals surface area contributed by atoms with Gasteiger partial charge in [0.2, 0.25) is 0 Å². The maximum absolute atomic E-state index is 13.7. The highest BCUT2D eigenvalue weighted by molar-refractivity contribution is 5.91. The Hall–Kier alpha value is -2.11. The number of urea groups is 1. The molecule has 3 N–H and O–H groups in total. The van der Waals surface area contributed by atoms with Gasteiger partial charge in [0, 0.05) is 6.04 Å². The van der Waals surface area contributed by atoms with Crippen LogP contribution in [0.5, 0.6) is 0 Å². The molecule has 1 aromatic carbocycles. The molecule has 1 aliphatic carbocycles. The van der Waals surface area contributed by atoms with Crippen LogP contribution in [0, 0.1) is 11.7 Å². The lowest BCUT2D eigenvalue weighted by atomic mass is 10.1. The quantitative estimate of drug-likeness (QED) is 0.753. The zero-order valence-corrected chi connectivity index (χ0v) is 11.9. The van der Waals surface area contributed by atoms with E-state index in [-0.39, 0.29) is 17.3 Å². The molecule has 114 valence electrons. The number of aromatic carboxylic acids is 1. The average molecular weight is 294 g/mol. The van der Waals surface area contributed by atoms with Crippen LogP contribution >= 0.6 is 0 Å². The third-order valence-electron chi connectivity index (χ3n) is 3.61. The summed E-state index contributed by atoms with van der Waals surface area (Å²) in [5.74, 6) is -1.28. The highest BCUT2D eigenvalue weighted by Crippen LogP contribution is 2.34. The number of anilines is 1. The second kappa shape index (κ2) is 6.56. The molecule has 1 aliphatic rings. The molecule has 0 bridgehead atoms. The molecule has 0 aliphatic heterocycles. The Kier molecular flexibility index (Phi) is 4.77. The number of carbonyl (C=O) groups is 2. The lowest BCUT2D eigenvalue weighted by Gasteiger charge is -2.17. The molecule has 1 saturated carbocycles. The normalized spacial score (nSPS) is 15.3. The van der Waals surface area contributed by atoms with Crippen molar-refractivity contribution in [2.24, 2.45) is 5.92 Å². The Balaban J connectivity index is 1.93. The number of benzene rings is 1. The van der Waals surface area contributed by atoms with E-state index in [2.05, 4.69) is 10.6 Å². The van der Waals surface area contributed by atoms with Crippen molar-refractivity contribution in [2.75, 3.05) is 5.32 Å². The molecule has 0 spiro atoms. The minimum Gasteiger partial charge on any atom is -0.478 e. The number of hydrogen-bond donors (Lipinski definition) is 3. The number of hydrogen-bond acceptors (Lipinski definition) is 2. The van der Waals surface area contributed by atoms with Gasteiger partial charge in [-0.05, 0) is 37.0 Å². The Labute approximate surface area is 122 Å². The third-order valence-corrected chi connectivity index (χ3v) is 3.61. The van der Waals surface area contributed by atoms with E-state index < -0.39 is 17.8 Å². The van der Waals surface area contributed by atoms with E-state index in [9.17, 15) is 14.0 Å². The fraction of sp³-hybridized carbons (Fsp3) is 0.467. The Morgan fingerprint density at radius 1 is 1.43 bits per heavy atom. The number of carboxylic acids is 1. The highest BCUT2D eigenvalue weighted by Gasteiger charge is 2.25. The summed E-state index contributed by atoms with van der Waals surface area (Å²) < 4.78 is 13.7. The Bertz CT molecular complexity index is 544. The smallest absolute Gasteiger partial charge is 0.335 e. The van der Waals surface area contributed by atoms with E-state index in [0.717, 1.165) is 18.9 Å². The summed E-state index contributed by atoms with van der Waals surface area (Å²) in [6, 6.07) is 3.01. The predicted octanol–water partition coefficient (Wildman–Crippen LogP) is 3.22. The molecule has 1 aromatic rings. The first kappa shape index (κ1) is 15.3. The molecular formula is C15H19FN2O3. The first-order valence-electron chi connectivity index (χ1n) is 7.10. The van der Waals surface area contributed by atoms with E-state index in [1.54, 1.807) is 0 Å². The van der Waals surface area contributed by atoms with Crippen molar-refractivity contribution in [1.82, 2.24) is 5.32 Å². The van der Waals surface area contributed by atoms with Crippen molar-refractivity contribution < 1.29 is 19.1 Å². The van der Waals surface area contributed by atoms with Gasteiger partial charge in [-0.25, -0.2) is 14.0 Å². The summed E-state index contributed by atoms with van der Waals surface area (Å²) in [6.45, 7) is 2.00. The van der Waals surface area contributed by atoms with Gasteiger partial charge in [-0.3, -0.25) is 0 Å². The number of carboxylic acid groups (broad SMARTS) is 1. The summed E-state index contributed by atoms with van der Waals surface area (Å²) in [4.78, 5) is 22.6. The molecule has 5 nitrogen and oxygen atoms in total. The molecule has 0 radical (unpaired) electrons. The van der Waals surface area contributed by atoms with Crippen LogP contribution in [0.4, 0.5) is 14.9 Å². The number of carbonyl (C=O) groups excluding carboxylic acids is 1. The standard InChI is InChI=1S/C15H19FN2O3/c1-2-11(7-9-3-4-9)17-15(21)18-13-6-5-10(14(19)20)8-12(13)16/h5-6,8-9,11H,2-4,7H2,1H3,(H,19,20)(H2,17,18,21). The lowest BCUT2D eigenvalue weighted by molar-refractivity contribution is 0.0696. The van der Waals surface area contributed by atoms with Gasteiger partial charge in [-0.2, -0.15) is 0 Å². The molecule has 2 amide bonds. The first-order valence-corrected chi connectivity index (χ1v) is 7.10. The van der Waals surface area contributed by atoms with E-state index in [0.29, 0.717) is 5.92 Å². The maximum Gasteiger partial charge on any atom is 0.335 e. The van der Waals surface area contributed by atoms with Gasteiger partial charge in [0.1, 0.15) is 5.82 Å². The Morgan fingerprint density at radius 2 is 2.14 bits per heavy atom. The predicted molar refractivity (Wildman–Crippen MR) is 76.9 cm³/mol. The van der Waals surface area contributed by atoms with E-state index in [4.69, 9.17) is 5.11 Å². The fourth-order valence-electron chi connectivity index (χ4n) is 2.18. The second-order valence-electron chi connectivity index (χ2n) is 5.38. The summed E-state index contributed by atoms with van der Waals surface area (Å²) in [5, 5.41) is 14.0. The Morgan fingerprint density at radius 3 is 2.67 bits per heavy atom. The molecule has 6 heteroatoms. The minimum atomic E-state index is -1.21. The monoisotopic (exact) mass is 294 g/mol. The topological polar surface area (TPSA) is 78.4 Å². The van der Waals surface area contributed by atoms with Crippen LogP contribution in [-0.2, 0) is 0 Å². The van der Waals surface area contributed by atoms with E-state index in [1.165, 1.54) is 25.0 Å². The number of halogens is 1. The molecule has 2 rings (SSSR count). The highest BCUT2D eigenvalue weighted by atomic mass is 19.1. The maximum atomic E-state index is 13.7. The van der Waals surface area contributed by atoms with Crippen LogP contribution in [0.3, 0.4) is 0 Å². The fourth-order valence-corrected chi connectivity index (χ4v) is 2.18. The molecule has 21 heavy (non-hydrogen) atoms. The van der Waals surface area contributed by atoms with E-state index in [1.807, 2.05) is 6.92 Å². The van der Waals surface area contributed by atoms with Crippen molar-refractivity contribution in [3.8, 4) is 0 Å². The van der Waals surface area contributed by atoms with Crippen LogP contribution in [0.15, 0.2) is 18.2 Å². The van der Waals surface area contributed by atoms with Crippen LogP contribution < -0.4 is 10.6 Å². The van der Waals surface area contributed by atoms with Crippen LogP contribution in [-0.4, -0.2) is 23.1 Å². The van der Waals surface area contributed by atoms with E-state index >= 15 is 0 Å². The molecule has 1 fully saturated rings. The molecular weight excluding hydrogens is 275 g/mol. The second-order valence-corrected chi connectivity index (χ2v) is 5.38. The number of nitrogens with one attached hydrogen (secondary N) is 2. The molecule has 1 unspecified atom stereocenters. The van der Waals surface area contributed by atoms with Gasteiger partial charge in [0.15, 0.2) is 0 Å². The van der Waals surface area contributed by atoms with Crippen molar-refractivity contribution in [3.05, 3.63) is 29.6 Å². The zero-order chi connectivity index (χ0) is 15.4. The third kappa shape index (κ3) is 4.44. The number of amides is 2. The van der Waals surface area contributed by atoms with Crippen molar-refractivity contribution in [2.45, 2.75) is 38.6 Å². The SMILES string of the molecule is CCC(CC1CC1)NC(=O)Nc1ccc(C(=O)O)cc1F. The van der Waals surface area contributed by atoms with Gasteiger partial charge < -0.3 is 15.7 Å². The average Bonchev–Trinajstić information content (AvgIpc) is 3.24. The van der Waals surface area contributed by atoms with Gasteiger partial charge >= 0.3 is 12.0 Å². The van der Waals surface area contributed by atoms with Crippen LogP contribution in [0.2, 0.25) is 0 Å². The molecule has 0 saturated heterocycles. The van der Waals surface area contributed by atoms with Crippen LogP contribution in [0.1, 0.15) is 43.0 Å². The summed E-state index contributed by atoms with van der Waals surface area (Å²) in [6.07, 6.45) is 4.20. The van der Waals surface area contributed by atoms with Crippen LogP contribution in [0.25, 0.3) is 0 Å². The summed E-state index contributed by atoms with van der Waals surface area (Å²) >= 11 is 0.